The van der Waals surface area contributed by atoms with E-state index in [0.29, 0.717) is 0 Å². The van der Waals surface area contributed by atoms with Crippen molar-refractivity contribution in [2.75, 3.05) is 0 Å². The van der Waals surface area contributed by atoms with Gasteiger partial charge < -0.3 is 0 Å². The molecule has 0 aromatic heterocycles. The van der Waals surface area contributed by atoms with E-state index < -0.39 is 0 Å². The number of hydrogen-bond donors (Lipinski definition) is 0. The fraction of sp³-hybridized carbons (Fsp3) is 1.00. The fourth-order valence-electron chi connectivity index (χ4n) is 12.2. The quantitative estimate of drug-likeness (QED) is 0.389. The van der Waals surface area contributed by atoms with E-state index >= 15 is 0 Å². The lowest BCUT2D eigenvalue weighted by molar-refractivity contribution is -0.103. The van der Waals surface area contributed by atoms with E-state index in [-0.39, 0.29) is 0 Å². The van der Waals surface area contributed by atoms with Crippen LogP contribution in [-0.2, 0) is 0 Å². The van der Waals surface area contributed by atoms with Crippen molar-refractivity contribution < 1.29 is 0 Å². The van der Waals surface area contributed by atoms with Crippen molar-refractivity contribution in [2.45, 2.75) is 109 Å². The van der Waals surface area contributed by atoms with Gasteiger partial charge in [-0.05, 0) is 129 Å². The van der Waals surface area contributed by atoms with Crippen molar-refractivity contribution in [3.05, 3.63) is 0 Å². The molecule has 7 aliphatic carbocycles. The third kappa shape index (κ3) is 2.68. The molecule has 0 bridgehead atoms. The molecule has 0 saturated heterocycles. The lowest BCUT2D eigenvalue weighted by Gasteiger charge is -2.59. The molecule has 7 saturated carbocycles. The Hall–Kier alpha value is 0. The molecule has 0 heteroatoms. The predicted molar refractivity (Wildman–Crippen MR) is 120 cm³/mol. The van der Waals surface area contributed by atoms with E-state index in [1.54, 1.807) is 109 Å². The smallest absolute Gasteiger partial charge is 0.0318 e. The Balaban J connectivity index is 1.29. The molecule has 7 fully saturated rings. The average molecular weight is 395 g/mol. The van der Waals surface area contributed by atoms with Crippen molar-refractivity contribution in [1.29, 1.82) is 0 Å². The summed E-state index contributed by atoms with van der Waals surface area (Å²) in [6.45, 7) is 0. The highest BCUT2D eigenvalue weighted by Gasteiger charge is 2.63. The Morgan fingerprint density at radius 3 is 0.828 bits per heavy atom. The van der Waals surface area contributed by atoms with Crippen molar-refractivity contribution in [3.8, 4) is 0 Å². The maximum absolute atomic E-state index is 1.71. The molecule has 0 heterocycles. The first-order chi connectivity index (χ1) is 14.4. The van der Waals surface area contributed by atoms with Crippen LogP contribution in [-0.4, -0.2) is 0 Å². The summed E-state index contributed by atoms with van der Waals surface area (Å²) in [6, 6.07) is 0. The van der Waals surface area contributed by atoms with Crippen LogP contribution in [0.1, 0.15) is 109 Å². The van der Waals surface area contributed by atoms with Gasteiger partial charge in [0.2, 0.25) is 0 Å². The third-order valence-electron chi connectivity index (χ3n) is 12.7. The van der Waals surface area contributed by atoms with Crippen LogP contribution in [0.3, 0.4) is 0 Å². The van der Waals surface area contributed by atoms with Gasteiger partial charge in [-0.25, -0.2) is 0 Å². The second-order valence-electron chi connectivity index (χ2n) is 13.2. The lowest BCUT2D eigenvalue weighted by Crippen LogP contribution is -2.52. The molecule has 12 unspecified atom stereocenters. The molecule has 12 atom stereocenters. The summed E-state index contributed by atoms with van der Waals surface area (Å²) < 4.78 is 0. The average Bonchev–Trinajstić information content (AvgIpc) is 3.21. The zero-order valence-electron chi connectivity index (χ0n) is 18.9. The Labute approximate surface area is 180 Å². The van der Waals surface area contributed by atoms with E-state index in [9.17, 15) is 0 Å². The third-order valence-corrected chi connectivity index (χ3v) is 12.7. The Morgan fingerprint density at radius 2 is 0.483 bits per heavy atom. The number of rotatable bonds is 0. The molecule has 162 valence electrons. The summed E-state index contributed by atoms with van der Waals surface area (Å²) >= 11 is 0. The van der Waals surface area contributed by atoms with Crippen molar-refractivity contribution >= 4 is 0 Å². The van der Waals surface area contributed by atoms with Gasteiger partial charge in [0.1, 0.15) is 0 Å². The number of hydrogen-bond acceptors (Lipinski definition) is 0. The van der Waals surface area contributed by atoms with E-state index in [4.69, 9.17) is 0 Å². The van der Waals surface area contributed by atoms with Crippen molar-refractivity contribution in [2.24, 2.45) is 71.0 Å². The Kier molecular flexibility index (Phi) is 4.65. The van der Waals surface area contributed by atoms with Crippen LogP contribution >= 0.6 is 0 Å². The predicted octanol–water partition coefficient (Wildman–Crippen LogP) is 8.11. The maximum atomic E-state index is 1.71. The van der Waals surface area contributed by atoms with Crippen molar-refractivity contribution in [1.82, 2.24) is 0 Å². The molecule has 0 aliphatic heterocycles. The topological polar surface area (TPSA) is 0 Å². The van der Waals surface area contributed by atoms with Gasteiger partial charge in [0, 0.05) is 0 Å². The fourth-order valence-corrected chi connectivity index (χ4v) is 12.2. The SMILES string of the molecule is C1CCC2C(C1)C1CCCCC1C1C2CC2C3CCCCC3C3CCCCC3C21. The van der Waals surface area contributed by atoms with Crippen LogP contribution in [0, 0.1) is 71.0 Å². The van der Waals surface area contributed by atoms with E-state index in [1.807, 2.05) is 0 Å². The van der Waals surface area contributed by atoms with Gasteiger partial charge in [0.15, 0.2) is 0 Å². The molecule has 0 nitrogen and oxygen atoms in total. The van der Waals surface area contributed by atoms with Gasteiger partial charge in [-0.2, -0.15) is 0 Å². The van der Waals surface area contributed by atoms with Crippen LogP contribution in [0.5, 0.6) is 0 Å². The van der Waals surface area contributed by atoms with E-state index in [0.717, 1.165) is 0 Å². The summed E-state index contributed by atoms with van der Waals surface area (Å²) in [4.78, 5) is 0. The van der Waals surface area contributed by atoms with Gasteiger partial charge in [-0.1, -0.05) is 51.4 Å². The standard InChI is InChI=1S/C29H46/c1-3-13-22-18(9-1)20-11-5-7-15-24(20)28-26(22)17-27-23-14-4-2-10-19(23)21-12-6-8-16-25(21)29(27)28/h18-29H,1-17H2. The summed E-state index contributed by atoms with van der Waals surface area (Å²) in [5, 5.41) is 0. The molecule has 7 aliphatic rings. The second-order valence-corrected chi connectivity index (χ2v) is 13.2. The Morgan fingerprint density at radius 1 is 0.241 bits per heavy atom. The number of fused-ring (bicyclic) bond motifs is 13. The molecule has 0 radical (unpaired) electrons. The van der Waals surface area contributed by atoms with Crippen LogP contribution in [0.2, 0.25) is 0 Å². The van der Waals surface area contributed by atoms with Crippen LogP contribution in [0.4, 0.5) is 0 Å². The molecule has 29 heavy (non-hydrogen) atoms. The molecule has 0 N–H and O–H groups in total. The molecular formula is C29H46. The largest absolute Gasteiger partial charge is 0.0530 e. The minimum atomic E-state index is 1.17. The minimum Gasteiger partial charge on any atom is -0.0530 e. The maximum Gasteiger partial charge on any atom is -0.0318 e. The normalized spacial score (nSPS) is 58.8. The van der Waals surface area contributed by atoms with E-state index in [1.165, 1.54) is 71.0 Å². The molecule has 0 aromatic rings. The lowest BCUT2D eigenvalue weighted by atomic mass is 9.46. The molecule has 0 spiro atoms. The molecule has 7 rings (SSSR count). The highest BCUT2D eigenvalue weighted by atomic mass is 14.7. The molecular weight excluding hydrogens is 348 g/mol. The highest BCUT2D eigenvalue weighted by molar-refractivity contribution is 5.12. The van der Waals surface area contributed by atoms with Crippen LogP contribution in [0.15, 0.2) is 0 Å². The van der Waals surface area contributed by atoms with Crippen LogP contribution in [0.25, 0.3) is 0 Å². The summed E-state index contributed by atoms with van der Waals surface area (Å²) in [5.74, 6) is 14.1. The van der Waals surface area contributed by atoms with E-state index in [2.05, 4.69) is 0 Å². The minimum absolute atomic E-state index is 1.17. The van der Waals surface area contributed by atoms with Gasteiger partial charge in [-0.3, -0.25) is 0 Å². The van der Waals surface area contributed by atoms with Gasteiger partial charge >= 0.3 is 0 Å². The zero-order chi connectivity index (χ0) is 18.9. The van der Waals surface area contributed by atoms with Crippen LogP contribution < -0.4 is 0 Å². The highest BCUT2D eigenvalue weighted by Crippen LogP contribution is 2.70. The zero-order valence-corrected chi connectivity index (χ0v) is 18.9. The first-order valence-corrected chi connectivity index (χ1v) is 14.4. The van der Waals surface area contributed by atoms with Gasteiger partial charge in [0.25, 0.3) is 0 Å². The summed E-state index contributed by atoms with van der Waals surface area (Å²) in [5.41, 5.74) is 0. The molecule has 0 aromatic carbocycles. The van der Waals surface area contributed by atoms with Crippen molar-refractivity contribution in [3.63, 3.8) is 0 Å². The molecule has 0 amide bonds. The summed E-state index contributed by atoms with van der Waals surface area (Å²) in [7, 11) is 0. The van der Waals surface area contributed by atoms with Gasteiger partial charge in [0.05, 0.1) is 0 Å². The van der Waals surface area contributed by atoms with Gasteiger partial charge in [-0.15, -0.1) is 0 Å². The first-order valence-electron chi connectivity index (χ1n) is 14.4. The second kappa shape index (κ2) is 7.27. The Bertz CT molecular complexity index is 555. The summed E-state index contributed by atoms with van der Waals surface area (Å²) in [6.07, 6.45) is 27.4. The first kappa shape index (κ1) is 18.6. The monoisotopic (exact) mass is 394 g/mol.